The van der Waals surface area contributed by atoms with Crippen molar-refractivity contribution in [3.05, 3.63) is 59.2 Å². The second kappa shape index (κ2) is 16.3. The minimum absolute atomic E-state index is 0. The second-order valence-electron chi connectivity index (χ2n) is 12.9. The SMILES string of the molecule is CCOC(=O)C(C)n1c(C)c(C(=O)OC(C)(C)C)c2cccnc21.Cc1c(C(=O)OC(C)(C)C)c2cccnc2n1C(C)C(=O)O.[Li+].[OH-]. The van der Waals surface area contributed by atoms with Crippen LogP contribution in [0.3, 0.4) is 0 Å². The van der Waals surface area contributed by atoms with Gasteiger partial charge in [-0.1, -0.05) is 0 Å². The summed E-state index contributed by atoms with van der Waals surface area (Å²) in [6.45, 7) is 19.7. The number of fused-ring (bicyclic) bond motifs is 2. The van der Waals surface area contributed by atoms with Gasteiger partial charge in [0.1, 0.15) is 34.6 Å². The van der Waals surface area contributed by atoms with Crippen molar-refractivity contribution in [2.24, 2.45) is 0 Å². The van der Waals surface area contributed by atoms with E-state index < -0.39 is 41.2 Å². The molecule has 4 aromatic rings. The number of carboxylic acids is 1. The maximum Gasteiger partial charge on any atom is 1.00 e. The summed E-state index contributed by atoms with van der Waals surface area (Å²) in [7, 11) is 0. The van der Waals surface area contributed by atoms with E-state index in [4.69, 9.17) is 14.2 Å². The maximum atomic E-state index is 12.6. The van der Waals surface area contributed by atoms with Gasteiger partial charge in [0, 0.05) is 34.6 Å². The maximum absolute atomic E-state index is 12.6. The number of pyridine rings is 2. The molecule has 0 fully saturated rings. The Labute approximate surface area is 292 Å². The summed E-state index contributed by atoms with van der Waals surface area (Å²) in [4.78, 5) is 57.2. The summed E-state index contributed by atoms with van der Waals surface area (Å²) in [5, 5.41) is 10.6. The van der Waals surface area contributed by atoms with E-state index >= 15 is 0 Å². The molecule has 0 aliphatic heterocycles. The molecule has 2 unspecified atom stereocenters. The number of carboxylic acid groups (broad SMARTS) is 1. The molecule has 14 heteroatoms. The third-order valence-corrected chi connectivity index (χ3v) is 6.98. The van der Waals surface area contributed by atoms with Crippen LogP contribution >= 0.6 is 0 Å². The standard InChI is InChI=1S/C18H24N2O4.C16H20N2O4.Li.H2O/c1-7-23-16(21)12(3)20-11(2)14(17(22)24-18(4,5)6)13-9-8-10-19-15(13)20;1-9-12(15(21)22-16(3,4)5)11-7-6-8-17-13(11)18(9)10(2)14(19)20;;/h8-10,12H,7H2,1-6H3;6-8,10H,1-5H3,(H,19,20);;1H2/q;;+1;/p-1. The molecule has 0 spiro atoms. The zero-order valence-corrected chi connectivity index (χ0v) is 29.9. The van der Waals surface area contributed by atoms with E-state index in [1.165, 1.54) is 0 Å². The van der Waals surface area contributed by atoms with Gasteiger partial charge in [0.05, 0.1) is 17.7 Å². The van der Waals surface area contributed by atoms with Crippen molar-refractivity contribution in [2.75, 3.05) is 6.61 Å². The number of aromatic nitrogens is 4. The predicted molar refractivity (Wildman–Crippen MR) is 175 cm³/mol. The van der Waals surface area contributed by atoms with E-state index in [0.717, 1.165) is 0 Å². The van der Waals surface area contributed by atoms with Crippen LogP contribution in [0.4, 0.5) is 0 Å². The topological polar surface area (TPSA) is 182 Å². The number of hydrogen-bond donors (Lipinski definition) is 1. The molecular formula is C34H45LiN4O9. The van der Waals surface area contributed by atoms with Gasteiger partial charge < -0.3 is 33.9 Å². The van der Waals surface area contributed by atoms with Crippen molar-refractivity contribution < 1.29 is 62.8 Å². The van der Waals surface area contributed by atoms with Gasteiger partial charge in [0.25, 0.3) is 0 Å². The second-order valence-corrected chi connectivity index (χ2v) is 12.9. The van der Waals surface area contributed by atoms with Crippen LogP contribution in [0.5, 0.6) is 0 Å². The molecule has 13 nitrogen and oxygen atoms in total. The Kier molecular flexibility index (Phi) is 14.2. The van der Waals surface area contributed by atoms with Crippen molar-refractivity contribution in [1.29, 1.82) is 0 Å². The number of ether oxygens (including phenoxy) is 3. The fourth-order valence-electron chi connectivity index (χ4n) is 5.12. The van der Waals surface area contributed by atoms with Crippen LogP contribution in [0.2, 0.25) is 0 Å². The molecule has 4 aromatic heterocycles. The van der Waals surface area contributed by atoms with Gasteiger partial charge in [-0.2, -0.15) is 0 Å². The number of carbonyl (C=O) groups is 4. The number of carbonyl (C=O) groups excluding carboxylic acids is 3. The van der Waals surface area contributed by atoms with Crippen LogP contribution in [-0.4, -0.2) is 71.4 Å². The molecule has 0 aromatic carbocycles. The summed E-state index contributed by atoms with van der Waals surface area (Å²) in [6, 6.07) is 5.62. The van der Waals surface area contributed by atoms with Crippen molar-refractivity contribution in [3.8, 4) is 0 Å². The summed E-state index contributed by atoms with van der Waals surface area (Å²) in [6.07, 6.45) is 3.21. The average Bonchev–Trinajstić information content (AvgIpc) is 3.40. The first-order valence-corrected chi connectivity index (χ1v) is 15.1. The van der Waals surface area contributed by atoms with Crippen molar-refractivity contribution in [3.63, 3.8) is 0 Å². The van der Waals surface area contributed by atoms with E-state index in [2.05, 4.69) is 9.97 Å². The van der Waals surface area contributed by atoms with E-state index in [-0.39, 0.29) is 30.3 Å². The zero-order chi connectivity index (χ0) is 34.7. The summed E-state index contributed by atoms with van der Waals surface area (Å²) in [5.74, 6) is -2.24. The van der Waals surface area contributed by atoms with Crippen LogP contribution < -0.4 is 18.9 Å². The van der Waals surface area contributed by atoms with Gasteiger partial charge in [0.2, 0.25) is 0 Å². The summed E-state index contributed by atoms with van der Waals surface area (Å²) < 4.78 is 19.3. The Morgan fingerprint density at radius 1 is 0.771 bits per heavy atom. The molecule has 0 amide bonds. The monoisotopic (exact) mass is 660 g/mol. The quantitative estimate of drug-likeness (QED) is 0.175. The minimum atomic E-state index is -0.985. The third kappa shape index (κ3) is 9.24. The number of nitrogens with zero attached hydrogens (tertiary/aromatic N) is 4. The normalized spacial score (nSPS) is 12.5. The van der Waals surface area contributed by atoms with Gasteiger partial charge in [0.15, 0.2) is 0 Å². The van der Waals surface area contributed by atoms with Gasteiger partial charge in [-0.15, -0.1) is 0 Å². The van der Waals surface area contributed by atoms with E-state index in [1.54, 1.807) is 95.1 Å². The van der Waals surface area contributed by atoms with Crippen LogP contribution in [0.25, 0.3) is 22.1 Å². The Bertz CT molecular complexity index is 1780. The zero-order valence-electron chi connectivity index (χ0n) is 29.9. The molecule has 0 saturated carbocycles. The van der Waals surface area contributed by atoms with Gasteiger partial charge in [-0.05, 0) is 100 Å². The smallest absolute Gasteiger partial charge is 0.870 e. The first-order chi connectivity index (χ1) is 21.3. The van der Waals surface area contributed by atoms with E-state index in [0.29, 0.717) is 51.2 Å². The fourth-order valence-corrected chi connectivity index (χ4v) is 5.12. The summed E-state index contributed by atoms with van der Waals surface area (Å²) >= 11 is 0. The average molecular weight is 661 g/mol. The number of hydrogen-bond acceptors (Lipinski definition) is 10. The molecule has 2 N–H and O–H groups in total. The number of aliphatic carboxylic acids is 1. The molecule has 0 radical (unpaired) electrons. The van der Waals surface area contributed by atoms with E-state index in [1.807, 2.05) is 26.8 Å². The van der Waals surface area contributed by atoms with Crippen LogP contribution in [0.15, 0.2) is 36.7 Å². The van der Waals surface area contributed by atoms with Gasteiger partial charge >= 0.3 is 42.7 Å². The molecule has 0 aliphatic carbocycles. The molecule has 0 aliphatic rings. The number of rotatable bonds is 7. The Morgan fingerprint density at radius 3 is 1.48 bits per heavy atom. The number of esters is 3. The van der Waals surface area contributed by atoms with Crippen LogP contribution in [0, 0.1) is 13.8 Å². The first kappa shape index (κ1) is 41.8. The predicted octanol–water partition coefficient (Wildman–Crippen LogP) is 3.20. The third-order valence-electron chi connectivity index (χ3n) is 6.98. The Balaban J connectivity index is 0.000000462. The molecule has 2 atom stereocenters. The molecule has 4 rings (SSSR count). The molecule has 0 bridgehead atoms. The Hall–Kier alpha value is -4.18. The Morgan fingerprint density at radius 2 is 1.15 bits per heavy atom. The molecule has 256 valence electrons. The molecular weight excluding hydrogens is 615 g/mol. The van der Waals surface area contributed by atoms with E-state index in [9.17, 15) is 24.3 Å². The largest absolute Gasteiger partial charge is 1.00 e. The molecule has 4 heterocycles. The fraction of sp³-hybridized carbons (Fsp3) is 0.471. The van der Waals surface area contributed by atoms with Gasteiger partial charge in [-0.25, -0.2) is 29.1 Å². The van der Waals surface area contributed by atoms with Crippen molar-refractivity contribution in [1.82, 2.24) is 19.1 Å². The first-order valence-electron chi connectivity index (χ1n) is 15.1. The van der Waals surface area contributed by atoms with Gasteiger partial charge in [-0.3, -0.25) is 0 Å². The van der Waals surface area contributed by atoms with Crippen LogP contribution in [-0.2, 0) is 23.8 Å². The minimum Gasteiger partial charge on any atom is -0.870 e. The molecule has 0 saturated heterocycles. The van der Waals surface area contributed by atoms with Crippen molar-refractivity contribution in [2.45, 2.75) is 99.4 Å². The molecule has 48 heavy (non-hydrogen) atoms. The van der Waals surface area contributed by atoms with Crippen molar-refractivity contribution >= 4 is 45.9 Å². The van der Waals surface area contributed by atoms with Crippen LogP contribution in [0.1, 0.15) is 107 Å². The summed E-state index contributed by atoms with van der Waals surface area (Å²) in [5.41, 5.74) is 1.78.